The summed E-state index contributed by atoms with van der Waals surface area (Å²) >= 11 is 4.81. The Morgan fingerprint density at radius 3 is 2.52 bits per heavy atom. The van der Waals surface area contributed by atoms with E-state index in [4.69, 9.17) is 28.0 Å². The van der Waals surface area contributed by atoms with Crippen LogP contribution >= 0.6 is 12.2 Å². The van der Waals surface area contributed by atoms with E-state index in [2.05, 4.69) is 19.2 Å². The van der Waals surface area contributed by atoms with E-state index in [0.29, 0.717) is 11.7 Å². The second-order valence-corrected chi connectivity index (χ2v) is 6.62. The first-order chi connectivity index (χ1) is 12.9. The molecule has 6 heteroatoms. The molecule has 0 bridgehead atoms. The Morgan fingerprint density at radius 1 is 1.26 bits per heavy atom. The molecular weight excluding hydrogens is 358 g/mol. The van der Waals surface area contributed by atoms with Crippen LogP contribution in [0.3, 0.4) is 0 Å². The second-order valence-electron chi connectivity index (χ2n) is 6.18. The van der Waals surface area contributed by atoms with Gasteiger partial charge in [0.25, 0.3) is 5.91 Å². The number of carbonyl (C=O) groups excluding carboxylic acids is 1. The first kappa shape index (κ1) is 20.1. The lowest BCUT2D eigenvalue weighted by molar-refractivity contribution is -0.118. The molecule has 3 N–H and O–H groups in total. The number of para-hydroxylation sites is 1. The average molecular weight is 379 g/mol. The smallest absolute Gasteiger partial charge is 0.262 e. The molecule has 0 aromatic heterocycles. The third-order valence-corrected chi connectivity index (χ3v) is 4.02. The summed E-state index contributed by atoms with van der Waals surface area (Å²) in [5.74, 6) is 0.628. The highest BCUT2D eigenvalue weighted by atomic mass is 32.1. The summed E-state index contributed by atoms with van der Waals surface area (Å²) in [5.41, 5.74) is 8.35. The molecule has 0 fully saturated rings. The fraction of sp³-hybridized carbons (Fsp3) is 0.190. The van der Waals surface area contributed by atoms with E-state index >= 15 is 0 Å². The lowest BCUT2D eigenvalue weighted by Gasteiger charge is -2.14. The van der Waals surface area contributed by atoms with Crippen molar-refractivity contribution in [2.45, 2.75) is 19.8 Å². The summed E-state index contributed by atoms with van der Waals surface area (Å²) in [5, 5.41) is 11.9. The number of benzene rings is 2. The highest BCUT2D eigenvalue weighted by Crippen LogP contribution is 2.23. The third-order valence-electron chi connectivity index (χ3n) is 3.80. The minimum atomic E-state index is -0.229. The van der Waals surface area contributed by atoms with Gasteiger partial charge in [-0.3, -0.25) is 4.79 Å². The predicted molar refractivity (Wildman–Crippen MR) is 111 cm³/mol. The van der Waals surface area contributed by atoms with Crippen LogP contribution in [0, 0.1) is 11.3 Å². The van der Waals surface area contributed by atoms with Gasteiger partial charge in [-0.2, -0.15) is 5.26 Å². The van der Waals surface area contributed by atoms with Gasteiger partial charge in [0.1, 0.15) is 16.8 Å². The average Bonchev–Trinajstić information content (AvgIpc) is 2.65. The van der Waals surface area contributed by atoms with Crippen molar-refractivity contribution in [3.05, 3.63) is 65.2 Å². The number of carbonyl (C=O) groups is 1. The SMILES string of the molecule is CC(C)c1ccccc1NC(=O)COc1ccc(C=C(C#N)C(N)=S)cc1. The summed E-state index contributed by atoms with van der Waals surface area (Å²) in [4.78, 5) is 12.2. The van der Waals surface area contributed by atoms with Crippen molar-refractivity contribution < 1.29 is 9.53 Å². The zero-order valence-electron chi connectivity index (χ0n) is 15.2. The molecule has 0 heterocycles. The highest BCUT2D eigenvalue weighted by Gasteiger charge is 2.09. The van der Waals surface area contributed by atoms with E-state index < -0.39 is 0 Å². The normalized spacial score (nSPS) is 11.0. The number of ether oxygens (including phenoxy) is 1. The standard InChI is InChI=1S/C21H21N3O2S/c1-14(2)18-5-3-4-6-19(18)24-20(25)13-26-17-9-7-15(8-10-17)11-16(12-22)21(23)27/h3-11,14H,13H2,1-2H3,(H2,23,27)(H,24,25). The Labute approximate surface area is 164 Å². The van der Waals surface area contributed by atoms with Gasteiger partial charge in [-0.25, -0.2) is 0 Å². The van der Waals surface area contributed by atoms with Gasteiger partial charge < -0.3 is 15.8 Å². The molecule has 27 heavy (non-hydrogen) atoms. The van der Waals surface area contributed by atoms with Crippen LogP contribution in [-0.4, -0.2) is 17.5 Å². The minimum Gasteiger partial charge on any atom is -0.484 e. The maximum absolute atomic E-state index is 12.2. The summed E-state index contributed by atoms with van der Waals surface area (Å²) in [6.45, 7) is 4.05. The van der Waals surface area contributed by atoms with Crippen LogP contribution in [0.4, 0.5) is 5.69 Å². The summed E-state index contributed by atoms with van der Waals surface area (Å²) in [7, 11) is 0. The van der Waals surface area contributed by atoms with Gasteiger partial charge >= 0.3 is 0 Å². The molecule has 0 spiro atoms. The van der Waals surface area contributed by atoms with Crippen molar-refractivity contribution in [1.82, 2.24) is 0 Å². The number of anilines is 1. The molecule has 0 aliphatic heterocycles. The molecule has 5 nitrogen and oxygen atoms in total. The topological polar surface area (TPSA) is 88.1 Å². The monoisotopic (exact) mass is 379 g/mol. The molecule has 0 atom stereocenters. The Morgan fingerprint density at radius 2 is 1.93 bits per heavy atom. The Kier molecular flexibility index (Phi) is 7.09. The van der Waals surface area contributed by atoms with Crippen molar-refractivity contribution in [2.75, 3.05) is 11.9 Å². The summed E-state index contributed by atoms with van der Waals surface area (Å²) in [6.07, 6.45) is 1.60. The largest absolute Gasteiger partial charge is 0.484 e. The number of hydrogen-bond donors (Lipinski definition) is 2. The van der Waals surface area contributed by atoms with Crippen molar-refractivity contribution >= 4 is 34.9 Å². The molecule has 138 valence electrons. The molecule has 0 unspecified atom stereocenters. The molecular formula is C21H21N3O2S. The Bertz CT molecular complexity index is 896. The van der Waals surface area contributed by atoms with Crippen LogP contribution in [0.5, 0.6) is 5.75 Å². The number of rotatable bonds is 7. The first-order valence-electron chi connectivity index (χ1n) is 8.44. The Hall–Kier alpha value is -3.17. The van der Waals surface area contributed by atoms with Crippen LogP contribution in [-0.2, 0) is 4.79 Å². The molecule has 2 rings (SSSR count). The molecule has 2 aromatic carbocycles. The lowest BCUT2D eigenvalue weighted by atomic mass is 10.0. The van der Waals surface area contributed by atoms with Gasteiger partial charge in [0.2, 0.25) is 0 Å². The number of hydrogen-bond acceptors (Lipinski definition) is 4. The molecule has 0 aliphatic carbocycles. The fourth-order valence-corrected chi connectivity index (χ4v) is 2.54. The zero-order chi connectivity index (χ0) is 19.8. The Balaban J connectivity index is 1.96. The van der Waals surface area contributed by atoms with Crippen LogP contribution < -0.4 is 15.8 Å². The maximum Gasteiger partial charge on any atom is 0.262 e. The quantitative estimate of drug-likeness (QED) is 0.431. The van der Waals surface area contributed by atoms with Gasteiger partial charge in [-0.05, 0) is 41.3 Å². The lowest BCUT2D eigenvalue weighted by Crippen LogP contribution is -2.21. The van der Waals surface area contributed by atoms with Crippen molar-refractivity contribution in [2.24, 2.45) is 5.73 Å². The molecule has 0 radical (unpaired) electrons. The fourth-order valence-electron chi connectivity index (χ4n) is 2.43. The third kappa shape index (κ3) is 5.94. The van der Waals surface area contributed by atoms with Crippen LogP contribution in [0.15, 0.2) is 54.1 Å². The number of nitrogens with one attached hydrogen (secondary N) is 1. The van der Waals surface area contributed by atoms with E-state index in [-0.39, 0.29) is 23.1 Å². The van der Waals surface area contributed by atoms with E-state index in [1.54, 1.807) is 30.3 Å². The molecule has 1 amide bonds. The molecule has 2 aromatic rings. The summed E-state index contributed by atoms with van der Waals surface area (Å²) in [6, 6.07) is 16.6. The minimum absolute atomic E-state index is 0.0520. The maximum atomic E-state index is 12.2. The van der Waals surface area contributed by atoms with E-state index in [9.17, 15) is 4.79 Å². The zero-order valence-corrected chi connectivity index (χ0v) is 16.0. The number of nitriles is 1. The van der Waals surface area contributed by atoms with Gasteiger partial charge in [-0.1, -0.05) is 56.4 Å². The van der Waals surface area contributed by atoms with Crippen LogP contribution in [0.2, 0.25) is 0 Å². The van der Waals surface area contributed by atoms with Crippen molar-refractivity contribution in [3.8, 4) is 11.8 Å². The van der Waals surface area contributed by atoms with E-state index in [0.717, 1.165) is 16.8 Å². The molecule has 0 saturated heterocycles. The van der Waals surface area contributed by atoms with Crippen molar-refractivity contribution in [3.63, 3.8) is 0 Å². The molecule has 0 aliphatic rings. The van der Waals surface area contributed by atoms with Gasteiger partial charge in [-0.15, -0.1) is 0 Å². The number of nitrogens with zero attached hydrogens (tertiary/aromatic N) is 1. The van der Waals surface area contributed by atoms with Crippen LogP contribution in [0.25, 0.3) is 6.08 Å². The van der Waals surface area contributed by atoms with Crippen LogP contribution in [0.1, 0.15) is 30.9 Å². The summed E-state index contributed by atoms with van der Waals surface area (Å²) < 4.78 is 5.53. The number of thiocarbonyl (C=S) groups is 1. The predicted octanol–water partition coefficient (Wildman–Crippen LogP) is 4.02. The van der Waals surface area contributed by atoms with Crippen molar-refractivity contribution in [1.29, 1.82) is 5.26 Å². The van der Waals surface area contributed by atoms with Gasteiger partial charge in [0, 0.05) is 5.69 Å². The van der Waals surface area contributed by atoms with Gasteiger partial charge in [0.05, 0.1) is 5.57 Å². The first-order valence-corrected chi connectivity index (χ1v) is 8.84. The van der Waals surface area contributed by atoms with E-state index in [1.165, 1.54) is 0 Å². The van der Waals surface area contributed by atoms with E-state index in [1.807, 2.05) is 30.3 Å². The second kappa shape index (κ2) is 9.51. The number of nitrogens with two attached hydrogens (primary N) is 1. The molecule has 0 saturated carbocycles. The number of amides is 1. The highest BCUT2D eigenvalue weighted by molar-refractivity contribution is 7.80. The van der Waals surface area contributed by atoms with Gasteiger partial charge in [0.15, 0.2) is 6.61 Å².